The van der Waals surface area contributed by atoms with Gasteiger partial charge in [0.05, 0.1) is 6.42 Å². The summed E-state index contributed by atoms with van der Waals surface area (Å²) in [4.78, 5) is 24.2. The topological polar surface area (TPSA) is 77.8 Å². The fourth-order valence-corrected chi connectivity index (χ4v) is 2.36. The Labute approximate surface area is 125 Å². The molecule has 116 valence electrons. The Morgan fingerprint density at radius 1 is 1.19 bits per heavy atom. The normalized spacial score (nSPS) is 13.9. The van der Waals surface area contributed by atoms with E-state index < -0.39 is 18.0 Å². The molecule has 0 heterocycles. The van der Waals surface area contributed by atoms with Crippen LogP contribution in [0.4, 0.5) is 0 Å². The first-order valence-corrected chi connectivity index (χ1v) is 7.18. The summed E-state index contributed by atoms with van der Waals surface area (Å²) in [7, 11) is 0. The molecule has 5 heteroatoms. The van der Waals surface area contributed by atoms with Crippen molar-refractivity contribution in [3.63, 3.8) is 0 Å². The fraction of sp³-hybridized carbons (Fsp3) is 0.500. The molecule has 21 heavy (non-hydrogen) atoms. The molecule has 0 amide bonds. The number of hydrogen-bond donors (Lipinski definition) is 2. The summed E-state index contributed by atoms with van der Waals surface area (Å²) in [5, 5.41) is 18.4. The van der Waals surface area contributed by atoms with Crippen LogP contribution in [-0.2, 0) is 16.1 Å². The van der Waals surface area contributed by atoms with Crippen LogP contribution in [0.25, 0.3) is 0 Å². The molecule has 1 aromatic rings. The summed E-state index contributed by atoms with van der Waals surface area (Å²) in [5.41, 5.74) is 0.984. The van der Waals surface area contributed by atoms with Crippen molar-refractivity contribution in [2.75, 3.05) is 6.54 Å². The predicted octanol–water partition coefficient (Wildman–Crippen LogP) is 2.46. The van der Waals surface area contributed by atoms with Crippen molar-refractivity contribution >= 4 is 11.9 Å². The molecule has 2 N–H and O–H groups in total. The zero-order valence-electron chi connectivity index (χ0n) is 12.5. The van der Waals surface area contributed by atoms with E-state index >= 15 is 0 Å². The second kappa shape index (κ2) is 8.42. The van der Waals surface area contributed by atoms with Gasteiger partial charge >= 0.3 is 11.9 Å². The van der Waals surface area contributed by atoms with E-state index in [0.717, 1.165) is 12.0 Å². The minimum atomic E-state index is -0.915. The van der Waals surface area contributed by atoms with E-state index in [1.807, 2.05) is 44.2 Å². The molecule has 0 fully saturated rings. The molecule has 1 rings (SSSR count). The van der Waals surface area contributed by atoms with Crippen LogP contribution >= 0.6 is 0 Å². The fourth-order valence-electron chi connectivity index (χ4n) is 2.36. The smallest absolute Gasteiger partial charge is 0.321 e. The Morgan fingerprint density at radius 3 is 2.29 bits per heavy atom. The van der Waals surface area contributed by atoms with Gasteiger partial charge in [-0.15, -0.1) is 0 Å². The minimum absolute atomic E-state index is 0.0417. The third-order valence-corrected chi connectivity index (χ3v) is 3.67. The summed E-state index contributed by atoms with van der Waals surface area (Å²) in [6, 6.07) is 8.85. The van der Waals surface area contributed by atoms with Gasteiger partial charge in [-0.1, -0.05) is 50.6 Å². The van der Waals surface area contributed by atoms with Crippen LogP contribution in [0.15, 0.2) is 30.3 Å². The highest BCUT2D eigenvalue weighted by atomic mass is 16.4. The Bertz CT molecular complexity index is 461. The van der Waals surface area contributed by atoms with Crippen LogP contribution in [0.2, 0.25) is 0 Å². The lowest BCUT2D eigenvalue weighted by Crippen LogP contribution is -2.45. The number of hydrogen-bond acceptors (Lipinski definition) is 3. The molecule has 0 radical (unpaired) electrons. The van der Waals surface area contributed by atoms with Crippen molar-refractivity contribution < 1.29 is 19.8 Å². The molecular formula is C16H23NO4. The second-order valence-electron chi connectivity index (χ2n) is 5.27. The van der Waals surface area contributed by atoms with Gasteiger partial charge in [-0.25, -0.2) is 0 Å². The van der Waals surface area contributed by atoms with Crippen LogP contribution in [0.3, 0.4) is 0 Å². The Morgan fingerprint density at radius 2 is 1.81 bits per heavy atom. The molecule has 0 spiro atoms. The summed E-state index contributed by atoms with van der Waals surface area (Å²) < 4.78 is 0. The van der Waals surface area contributed by atoms with E-state index in [-0.39, 0.29) is 18.9 Å². The lowest BCUT2D eigenvalue weighted by atomic mass is 9.96. The SMILES string of the molecule is CCC(C)C(C(=O)O)N(CCC(=O)O)Cc1ccccc1. The molecule has 1 aromatic carbocycles. The highest BCUT2D eigenvalue weighted by Crippen LogP contribution is 2.18. The number of nitrogens with zero attached hydrogens (tertiary/aromatic N) is 1. The molecule has 2 unspecified atom stereocenters. The first kappa shape index (κ1) is 17.2. The Balaban J connectivity index is 2.93. The summed E-state index contributed by atoms with van der Waals surface area (Å²) >= 11 is 0. The summed E-state index contributed by atoms with van der Waals surface area (Å²) in [6.45, 7) is 4.50. The quantitative estimate of drug-likeness (QED) is 0.731. The molecule has 0 saturated carbocycles. The summed E-state index contributed by atoms with van der Waals surface area (Å²) in [6.07, 6.45) is 0.669. The van der Waals surface area contributed by atoms with Gasteiger partial charge in [0.15, 0.2) is 0 Å². The number of carbonyl (C=O) groups is 2. The number of carboxylic acids is 2. The average molecular weight is 293 g/mol. The van der Waals surface area contributed by atoms with Crippen molar-refractivity contribution in [1.82, 2.24) is 4.90 Å². The van der Waals surface area contributed by atoms with Crippen LogP contribution in [0, 0.1) is 5.92 Å². The lowest BCUT2D eigenvalue weighted by Gasteiger charge is -2.32. The standard InChI is InChI=1S/C16H23NO4/c1-3-12(2)15(16(20)21)17(10-9-14(18)19)11-13-7-5-4-6-8-13/h4-8,12,15H,3,9-11H2,1-2H3,(H,18,19)(H,20,21). The van der Waals surface area contributed by atoms with Crippen LogP contribution < -0.4 is 0 Å². The van der Waals surface area contributed by atoms with Gasteiger partial charge in [0.2, 0.25) is 0 Å². The molecule has 0 saturated heterocycles. The molecule has 0 bridgehead atoms. The van der Waals surface area contributed by atoms with Gasteiger partial charge in [-0.05, 0) is 11.5 Å². The van der Waals surface area contributed by atoms with Gasteiger partial charge in [0, 0.05) is 13.1 Å². The van der Waals surface area contributed by atoms with E-state index in [1.54, 1.807) is 4.90 Å². The van der Waals surface area contributed by atoms with Gasteiger partial charge in [-0.3, -0.25) is 14.5 Å². The highest BCUT2D eigenvalue weighted by molar-refractivity contribution is 5.74. The zero-order chi connectivity index (χ0) is 15.8. The molecular weight excluding hydrogens is 270 g/mol. The van der Waals surface area contributed by atoms with Crippen molar-refractivity contribution in [2.24, 2.45) is 5.92 Å². The molecule has 0 aliphatic carbocycles. The molecule has 0 aliphatic rings. The van der Waals surface area contributed by atoms with Gasteiger partial charge in [-0.2, -0.15) is 0 Å². The number of benzene rings is 1. The Kier molecular flexibility index (Phi) is 6.88. The first-order chi connectivity index (χ1) is 9.95. The third kappa shape index (κ3) is 5.55. The van der Waals surface area contributed by atoms with Crippen LogP contribution in [0.5, 0.6) is 0 Å². The van der Waals surface area contributed by atoms with E-state index in [0.29, 0.717) is 6.54 Å². The van der Waals surface area contributed by atoms with Crippen molar-refractivity contribution in [2.45, 2.75) is 39.3 Å². The van der Waals surface area contributed by atoms with Crippen molar-refractivity contribution in [3.8, 4) is 0 Å². The molecule has 0 aromatic heterocycles. The maximum Gasteiger partial charge on any atom is 0.321 e. The number of rotatable bonds is 9. The van der Waals surface area contributed by atoms with E-state index in [4.69, 9.17) is 5.11 Å². The molecule has 5 nitrogen and oxygen atoms in total. The minimum Gasteiger partial charge on any atom is -0.481 e. The van der Waals surface area contributed by atoms with Crippen molar-refractivity contribution in [1.29, 1.82) is 0 Å². The van der Waals surface area contributed by atoms with E-state index in [2.05, 4.69) is 0 Å². The molecule has 0 aliphatic heterocycles. The Hall–Kier alpha value is -1.88. The zero-order valence-corrected chi connectivity index (χ0v) is 12.5. The average Bonchev–Trinajstić information content (AvgIpc) is 2.45. The van der Waals surface area contributed by atoms with E-state index in [1.165, 1.54) is 0 Å². The lowest BCUT2D eigenvalue weighted by molar-refractivity contribution is -0.147. The third-order valence-electron chi connectivity index (χ3n) is 3.67. The highest BCUT2D eigenvalue weighted by Gasteiger charge is 2.30. The van der Waals surface area contributed by atoms with Gasteiger partial charge in [0.1, 0.15) is 6.04 Å². The maximum atomic E-state index is 11.6. The number of aliphatic carboxylic acids is 2. The van der Waals surface area contributed by atoms with Crippen molar-refractivity contribution in [3.05, 3.63) is 35.9 Å². The monoisotopic (exact) mass is 293 g/mol. The summed E-state index contributed by atoms with van der Waals surface area (Å²) in [5.74, 6) is -1.85. The van der Waals surface area contributed by atoms with E-state index in [9.17, 15) is 14.7 Å². The second-order valence-corrected chi connectivity index (χ2v) is 5.27. The predicted molar refractivity (Wildman–Crippen MR) is 80.0 cm³/mol. The van der Waals surface area contributed by atoms with Crippen LogP contribution in [0.1, 0.15) is 32.3 Å². The number of carboxylic acid groups (broad SMARTS) is 2. The molecule has 2 atom stereocenters. The van der Waals surface area contributed by atoms with Gasteiger partial charge in [0.25, 0.3) is 0 Å². The maximum absolute atomic E-state index is 11.6. The van der Waals surface area contributed by atoms with Gasteiger partial charge < -0.3 is 10.2 Å². The first-order valence-electron chi connectivity index (χ1n) is 7.18. The van der Waals surface area contributed by atoms with Crippen LogP contribution in [-0.4, -0.2) is 39.6 Å². The largest absolute Gasteiger partial charge is 0.481 e.